The molecule has 7 nitrogen and oxygen atoms in total. The molecule has 1 N–H and O–H groups in total. The van der Waals surface area contributed by atoms with E-state index in [1.807, 2.05) is 69.3 Å². The quantitative estimate of drug-likeness (QED) is 0.428. The van der Waals surface area contributed by atoms with Gasteiger partial charge in [-0.2, -0.15) is 4.31 Å². The van der Waals surface area contributed by atoms with Crippen LogP contribution in [-0.4, -0.2) is 54.6 Å². The van der Waals surface area contributed by atoms with E-state index < -0.39 is 34.1 Å². The van der Waals surface area contributed by atoms with E-state index in [0.717, 1.165) is 25.1 Å². The van der Waals surface area contributed by atoms with Gasteiger partial charge in [0.2, 0.25) is 21.8 Å². The van der Waals surface area contributed by atoms with Gasteiger partial charge in [0.05, 0.1) is 11.4 Å². The van der Waals surface area contributed by atoms with Gasteiger partial charge in [-0.15, -0.1) is 0 Å². The summed E-state index contributed by atoms with van der Waals surface area (Å²) >= 11 is 3.40. The number of hydrogen-bond donors (Lipinski definition) is 1. The number of fused-ring (bicyclic) bond motifs is 1. The highest BCUT2D eigenvalue weighted by atomic mass is 79.9. The highest BCUT2D eigenvalue weighted by Gasteiger charge is 2.31. The predicted octanol–water partition coefficient (Wildman–Crippen LogP) is 4.55. The molecule has 0 fully saturated rings. The lowest BCUT2D eigenvalue weighted by Crippen LogP contribution is -2.54. The molecule has 0 aliphatic carbocycles. The lowest BCUT2D eigenvalue weighted by Gasteiger charge is -2.32. The van der Waals surface area contributed by atoms with Crippen LogP contribution in [0.4, 0.5) is 0 Å². The zero-order valence-electron chi connectivity index (χ0n) is 21.2. The third kappa shape index (κ3) is 6.93. The van der Waals surface area contributed by atoms with Crippen molar-refractivity contribution in [2.75, 3.05) is 13.6 Å². The maximum absolute atomic E-state index is 13.5. The second kappa shape index (κ2) is 11.1. The average molecular weight is 575 g/mol. The summed E-state index contributed by atoms with van der Waals surface area (Å²) in [6.07, 6.45) is 0. The maximum atomic E-state index is 13.5. The van der Waals surface area contributed by atoms with Crippen molar-refractivity contribution in [1.29, 1.82) is 0 Å². The number of sulfonamides is 1. The number of amides is 2. The zero-order valence-corrected chi connectivity index (χ0v) is 23.6. The number of carbonyl (C=O) groups is 2. The van der Waals surface area contributed by atoms with E-state index in [4.69, 9.17) is 0 Å². The molecule has 0 bridgehead atoms. The first-order valence-electron chi connectivity index (χ1n) is 11.6. The third-order valence-corrected chi connectivity index (χ3v) is 8.05. The third-order valence-electron chi connectivity index (χ3n) is 5.72. The number of halogens is 1. The largest absolute Gasteiger partial charge is 0.350 e. The smallest absolute Gasteiger partial charge is 0.243 e. The first-order valence-corrected chi connectivity index (χ1v) is 13.8. The molecule has 3 aromatic carbocycles. The van der Waals surface area contributed by atoms with Crippen molar-refractivity contribution in [2.45, 2.75) is 50.7 Å². The first kappa shape index (κ1) is 27.8. The van der Waals surface area contributed by atoms with Crippen molar-refractivity contribution in [3.63, 3.8) is 0 Å². The molecule has 0 spiro atoms. The summed E-state index contributed by atoms with van der Waals surface area (Å²) in [6.45, 7) is 7.00. The van der Waals surface area contributed by atoms with E-state index in [1.54, 1.807) is 19.1 Å². The van der Waals surface area contributed by atoms with Gasteiger partial charge < -0.3 is 10.2 Å². The monoisotopic (exact) mass is 573 g/mol. The Kier molecular flexibility index (Phi) is 8.59. The van der Waals surface area contributed by atoms with Gasteiger partial charge in [0, 0.05) is 23.6 Å². The summed E-state index contributed by atoms with van der Waals surface area (Å²) < 4.78 is 28.5. The van der Waals surface area contributed by atoms with Crippen LogP contribution < -0.4 is 5.32 Å². The van der Waals surface area contributed by atoms with Crippen molar-refractivity contribution in [2.24, 2.45) is 0 Å². The van der Waals surface area contributed by atoms with Crippen LogP contribution in [0.1, 0.15) is 33.3 Å². The standard InChI is InChI=1S/C27H32BrN3O4S/c1-19(26(33)29-27(2,3)4)31(17-20-10-13-23(28)14-11-20)25(32)18-30(5)36(34,35)24-15-12-21-8-6-7-9-22(21)16-24/h6-16,19H,17-18H2,1-5H3,(H,29,33)/t19-/m0/s1. The predicted molar refractivity (Wildman–Crippen MR) is 146 cm³/mol. The number of benzene rings is 3. The fourth-order valence-electron chi connectivity index (χ4n) is 3.72. The molecule has 3 aromatic rings. The Morgan fingerprint density at radius 3 is 2.19 bits per heavy atom. The van der Waals surface area contributed by atoms with Crippen LogP contribution in [-0.2, 0) is 26.2 Å². The molecular formula is C27H32BrN3O4S. The van der Waals surface area contributed by atoms with Gasteiger partial charge in [0.1, 0.15) is 6.04 Å². The average Bonchev–Trinajstić information content (AvgIpc) is 2.81. The number of nitrogens with one attached hydrogen (secondary N) is 1. The van der Waals surface area contributed by atoms with E-state index in [1.165, 1.54) is 18.0 Å². The number of carbonyl (C=O) groups excluding carboxylic acids is 2. The molecule has 0 aromatic heterocycles. The van der Waals surface area contributed by atoms with Crippen LogP contribution in [0.15, 0.2) is 76.1 Å². The van der Waals surface area contributed by atoms with Crippen molar-refractivity contribution < 1.29 is 18.0 Å². The van der Waals surface area contributed by atoms with Crippen LogP contribution in [0.25, 0.3) is 10.8 Å². The van der Waals surface area contributed by atoms with E-state index >= 15 is 0 Å². The van der Waals surface area contributed by atoms with E-state index in [-0.39, 0.29) is 17.3 Å². The van der Waals surface area contributed by atoms with Crippen LogP contribution in [0.5, 0.6) is 0 Å². The Labute approximate surface area is 221 Å². The summed E-state index contributed by atoms with van der Waals surface area (Å²) in [5.41, 5.74) is 0.343. The Balaban J connectivity index is 1.85. The molecule has 1 atom stereocenters. The van der Waals surface area contributed by atoms with Crippen LogP contribution >= 0.6 is 15.9 Å². The summed E-state index contributed by atoms with van der Waals surface area (Å²) in [5.74, 6) is -0.783. The Morgan fingerprint density at radius 2 is 1.58 bits per heavy atom. The fraction of sp³-hybridized carbons (Fsp3) is 0.333. The van der Waals surface area contributed by atoms with E-state index in [9.17, 15) is 18.0 Å². The molecule has 0 saturated heterocycles. The highest BCUT2D eigenvalue weighted by Crippen LogP contribution is 2.22. The van der Waals surface area contributed by atoms with Gasteiger partial charge in [-0.25, -0.2) is 8.42 Å². The van der Waals surface area contributed by atoms with E-state index in [0.29, 0.717) is 0 Å². The minimum atomic E-state index is -3.93. The van der Waals surface area contributed by atoms with Crippen molar-refractivity contribution in [1.82, 2.24) is 14.5 Å². The molecular weight excluding hydrogens is 542 g/mol. The van der Waals surface area contributed by atoms with Crippen LogP contribution in [0, 0.1) is 0 Å². The number of nitrogens with zero attached hydrogens (tertiary/aromatic N) is 2. The Hall–Kier alpha value is -2.75. The molecule has 9 heteroatoms. The summed E-state index contributed by atoms with van der Waals surface area (Å²) in [6, 6.07) is 19.0. The lowest BCUT2D eigenvalue weighted by molar-refractivity contribution is -0.141. The SMILES string of the molecule is C[C@@H](C(=O)NC(C)(C)C)N(Cc1ccc(Br)cc1)C(=O)CN(C)S(=O)(=O)c1ccc2ccccc2c1. The molecule has 36 heavy (non-hydrogen) atoms. The minimum absolute atomic E-state index is 0.106. The highest BCUT2D eigenvalue weighted by molar-refractivity contribution is 9.10. The topological polar surface area (TPSA) is 86.8 Å². The van der Waals surface area contributed by atoms with Gasteiger partial charge in [0.15, 0.2) is 0 Å². The molecule has 0 heterocycles. The van der Waals surface area contributed by atoms with Crippen LogP contribution in [0.3, 0.4) is 0 Å². The minimum Gasteiger partial charge on any atom is -0.350 e. The first-order chi connectivity index (χ1) is 16.8. The molecule has 0 unspecified atom stereocenters. The Morgan fingerprint density at radius 1 is 0.972 bits per heavy atom. The normalized spacial score (nSPS) is 13.0. The lowest BCUT2D eigenvalue weighted by atomic mass is 10.1. The fourth-order valence-corrected chi connectivity index (χ4v) is 5.14. The molecule has 0 saturated carbocycles. The van der Waals surface area contributed by atoms with Gasteiger partial charge in [-0.3, -0.25) is 9.59 Å². The van der Waals surface area contributed by atoms with Crippen molar-refractivity contribution >= 4 is 48.5 Å². The van der Waals surface area contributed by atoms with Gasteiger partial charge >= 0.3 is 0 Å². The van der Waals surface area contributed by atoms with Gasteiger partial charge in [0.25, 0.3) is 0 Å². The van der Waals surface area contributed by atoms with Gasteiger partial charge in [-0.1, -0.05) is 58.4 Å². The zero-order chi connectivity index (χ0) is 26.7. The molecule has 0 aliphatic rings. The summed E-state index contributed by atoms with van der Waals surface area (Å²) in [7, 11) is -2.56. The summed E-state index contributed by atoms with van der Waals surface area (Å²) in [4.78, 5) is 27.9. The summed E-state index contributed by atoms with van der Waals surface area (Å²) in [5, 5.41) is 4.62. The molecule has 0 aliphatic heterocycles. The Bertz CT molecular complexity index is 1350. The molecule has 3 rings (SSSR count). The number of hydrogen-bond acceptors (Lipinski definition) is 4. The maximum Gasteiger partial charge on any atom is 0.243 e. The number of rotatable bonds is 8. The number of likely N-dealkylation sites (N-methyl/N-ethyl adjacent to an activating group) is 1. The second-order valence-corrected chi connectivity index (χ2v) is 12.8. The molecule has 2 amide bonds. The van der Waals surface area contributed by atoms with Crippen molar-refractivity contribution in [3.05, 3.63) is 76.8 Å². The van der Waals surface area contributed by atoms with E-state index in [2.05, 4.69) is 21.2 Å². The molecule has 192 valence electrons. The second-order valence-electron chi connectivity index (χ2n) is 9.83. The van der Waals surface area contributed by atoms with Crippen LogP contribution in [0.2, 0.25) is 0 Å². The van der Waals surface area contributed by atoms with Gasteiger partial charge in [-0.05, 0) is 68.3 Å². The molecule has 0 radical (unpaired) electrons. The van der Waals surface area contributed by atoms with Crippen molar-refractivity contribution in [3.8, 4) is 0 Å².